The predicted molar refractivity (Wildman–Crippen MR) is 77.5 cm³/mol. The molecule has 1 aliphatic heterocycles. The molecule has 0 aromatic heterocycles. The van der Waals surface area contributed by atoms with E-state index in [1.807, 2.05) is 31.2 Å². The molecular formula is C16H21N. The minimum atomic E-state index is 0.198. The van der Waals surface area contributed by atoms with Gasteiger partial charge in [0.15, 0.2) is 0 Å². The van der Waals surface area contributed by atoms with Crippen molar-refractivity contribution >= 4 is 5.71 Å². The van der Waals surface area contributed by atoms with Gasteiger partial charge in [-0.05, 0) is 31.9 Å². The Morgan fingerprint density at radius 1 is 1.18 bits per heavy atom. The summed E-state index contributed by atoms with van der Waals surface area (Å²) in [6.45, 7) is 6.29. The van der Waals surface area contributed by atoms with Crippen molar-refractivity contribution in [3.8, 4) is 0 Å². The summed E-state index contributed by atoms with van der Waals surface area (Å²) in [5.74, 6) is 0. The van der Waals surface area contributed by atoms with Crippen LogP contribution in [0.2, 0.25) is 0 Å². The second kappa shape index (κ2) is 7.61. The van der Waals surface area contributed by atoms with E-state index in [4.69, 9.17) is 0 Å². The third-order valence-electron chi connectivity index (χ3n) is 2.50. The van der Waals surface area contributed by atoms with Crippen LogP contribution in [-0.4, -0.2) is 11.8 Å². The van der Waals surface area contributed by atoms with E-state index in [1.165, 1.54) is 5.57 Å². The number of allylic oxidation sites excluding steroid dienone is 8. The molecule has 0 saturated heterocycles. The average Bonchev–Trinajstić information content (AvgIpc) is 2.30. The summed E-state index contributed by atoms with van der Waals surface area (Å²) in [5, 5.41) is 0. The predicted octanol–water partition coefficient (Wildman–Crippen LogP) is 4.41. The molecule has 1 atom stereocenters. The summed E-state index contributed by atoms with van der Waals surface area (Å²) in [6, 6.07) is 0.198. The van der Waals surface area contributed by atoms with Crippen LogP contribution in [0.5, 0.6) is 0 Å². The van der Waals surface area contributed by atoms with E-state index in [9.17, 15) is 0 Å². The summed E-state index contributed by atoms with van der Waals surface area (Å²) in [7, 11) is 0. The molecule has 1 rings (SSSR count). The van der Waals surface area contributed by atoms with Crippen molar-refractivity contribution in [2.45, 2.75) is 33.2 Å². The number of nitrogens with zero attached hydrogens (tertiary/aromatic N) is 1. The number of hydrogen-bond donors (Lipinski definition) is 0. The molecule has 0 N–H and O–H groups in total. The smallest absolute Gasteiger partial charge is 0.0723 e. The van der Waals surface area contributed by atoms with Gasteiger partial charge in [0.1, 0.15) is 0 Å². The molecule has 1 unspecified atom stereocenters. The monoisotopic (exact) mass is 227 g/mol. The largest absolute Gasteiger partial charge is 0.282 e. The first kappa shape index (κ1) is 13.4. The zero-order valence-corrected chi connectivity index (χ0v) is 10.9. The van der Waals surface area contributed by atoms with Crippen molar-refractivity contribution in [3.63, 3.8) is 0 Å². The zero-order chi connectivity index (χ0) is 12.5. The highest BCUT2D eigenvalue weighted by Gasteiger charge is 2.03. The Kier molecular flexibility index (Phi) is 6.02. The highest BCUT2D eigenvalue weighted by atomic mass is 14.8. The Hall–Kier alpha value is -1.63. The lowest BCUT2D eigenvalue weighted by molar-refractivity contribution is 0.886. The van der Waals surface area contributed by atoms with Gasteiger partial charge in [0, 0.05) is 5.71 Å². The van der Waals surface area contributed by atoms with Crippen LogP contribution in [0.3, 0.4) is 0 Å². The van der Waals surface area contributed by atoms with E-state index < -0.39 is 0 Å². The van der Waals surface area contributed by atoms with Gasteiger partial charge in [0.05, 0.1) is 6.04 Å². The molecule has 0 saturated carbocycles. The first-order valence-electron chi connectivity index (χ1n) is 6.16. The van der Waals surface area contributed by atoms with E-state index in [0.29, 0.717) is 0 Å². The molecule has 0 aromatic rings. The quantitative estimate of drug-likeness (QED) is 0.662. The van der Waals surface area contributed by atoms with Crippen LogP contribution in [0.15, 0.2) is 65.2 Å². The molecule has 1 nitrogen and oxygen atoms in total. The van der Waals surface area contributed by atoms with Gasteiger partial charge in [-0.2, -0.15) is 0 Å². The lowest BCUT2D eigenvalue weighted by Crippen LogP contribution is -2.04. The highest BCUT2D eigenvalue weighted by Crippen LogP contribution is 2.10. The standard InChI is InChI=1S/C16H21N/c1-4-5-8-12-16-13-10-7-6-9-11-14(2)17-15(16)3/h5-13,15H,4H2,1-3H3/b7-6-,8-5-,11-9-,13-10+,16-12-,17-14?. The van der Waals surface area contributed by atoms with Gasteiger partial charge >= 0.3 is 0 Å². The SMILES string of the molecule is CC\C=C/C=C1/C=C/C=C\C=C/C(C)=NC1C. The third kappa shape index (κ3) is 5.30. The second-order valence-electron chi connectivity index (χ2n) is 4.05. The van der Waals surface area contributed by atoms with Gasteiger partial charge < -0.3 is 0 Å². The fourth-order valence-electron chi connectivity index (χ4n) is 1.56. The van der Waals surface area contributed by atoms with E-state index >= 15 is 0 Å². The summed E-state index contributed by atoms with van der Waals surface area (Å²) in [4.78, 5) is 4.64. The maximum absolute atomic E-state index is 4.64. The van der Waals surface area contributed by atoms with Crippen molar-refractivity contribution in [1.29, 1.82) is 0 Å². The molecule has 0 aromatic carbocycles. The van der Waals surface area contributed by atoms with Gasteiger partial charge in [0.2, 0.25) is 0 Å². The summed E-state index contributed by atoms with van der Waals surface area (Å²) in [5.41, 5.74) is 2.29. The van der Waals surface area contributed by atoms with Crippen LogP contribution in [0.25, 0.3) is 0 Å². The van der Waals surface area contributed by atoms with E-state index in [2.05, 4.69) is 49.2 Å². The first-order chi connectivity index (χ1) is 8.24. The minimum Gasteiger partial charge on any atom is -0.282 e. The van der Waals surface area contributed by atoms with Gasteiger partial charge in [-0.3, -0.25) is 4.99 Å². The van der Waals surface area contributed by atoms with Crippen molar-refractivity contribution in [3.05, 3.63) is 60.3 Å². The van der Waals surface area contributed by atoms with Crippen LogP contribution in [-0.2, 0) is 0 Å². The number of rotatable bonds is 2. The molecule has 0 radical (unpaired) electrons. The molecule has 17 heavy (non-hydrogen) atoms. The van der Waals surface area contributed by atoms with Crippen LogP contribution in [0.1, 0.15) is 27.2 Å². The second-order valence-corrected chi connectivity index (χ2v) is 4.05. The maximum Gasteiger partial charge on any atom is 0.0723 e. The van der Waals surface area contributed by atoms with Gasteiger partial charge in [-0.1, -0.05) is 55.5 Å². The van der Waals surface area contributed by atoms with Crippen molar-refractivity contribution < 1.29 is 0 Å². The fourth-order valence-corrected chi connectivity index (χ4v) is 1.56. The van der Waals surface area contributed by atoms with Crippen LogP contribution >= 0.6 is 0 Å². The summed E-state index contributed by atoms with van der Waals surface area (Å²) < 4.78 is 0. The first-order valence-corrected chi connectivity index (χ1v) is 6.16. The average molecular weight is 227 g/mol. The Morgan fingerprint density at radius 3 is 2.59 bits per heavy atom. The topological polar surface area (TPSA) is 12.4 Å². The van der Waals surface area contributed by atoms with Crippen molar-refractivity contribution in [1.82, 2.24) is 0 Å². The maximum atomic E-state index is 4.64. The molecule has 0 aliphatic carbocycles. The third-order valence-corrected chi connectivity index (χ3v) is 2.50. The Balaban J connectivity index is 2.97. The van der Waals surface area contributed by atoms with Gasteiger partial charge in [-0.25, -0.2) is 0 Å². The summed E-state index contributed by atoms with van der Waals surface area (Å²) in [6.07, 6.45) is 19.7. The Morgan fingerprint density at radius 2 is 1.88 bits per heavy atom. The Labute approximate surface area is 105 Å². The highest BCUT2D eigenvalue weighted by molar-refractivity contribution is 5.93. The molecule has 0 amide bonds. The normalized spacial score (nSPS) is 29.0. The van der Waals surface area contributed by atoms with Crippen molar-refractivity contribution in [2.75, 3.05) is 0 Å². The van der Waals surface area contributed by atoms with Gasteiger partial charge in [-0.15, -0.1) is 0 Å². The molecule has 1 aliphatic rings. The number of aliphatic imine (C=N–C) groups is 1. The van der Waals surface area contributed by atoms with Crippen molar-refractivity contribution in [2.24, 2.45) is 4.99 Å². The molecule has 1 heteroatoms. The molecular weight excluding hydrogens is 206 g/mol. The lowest BCUT2D eigenvalue weighted by Gasteiger charge is -2.08. The molecule has 0 fully saturated rings. The molecule has 90 valence electrons. The van der Waals surface area contributed by atoms with Crippen LogP contribution in [0.4, 0.5) is 0 Å². The minimum absolute atomic E-state index is 0.198. The number of hydrogen-bond acceptors (Lipinski definition) is 1. The molecule has 0 spiro atoms. The van der Waals surface area contributed by atoms with Crippen LogP contribution < -0.4 is 0 Å². The molecule has 0 bridgehead atoms. The van der Waals surface area contributed by atoms with E-state index in [0.717, 1.165) is 12.1 Å². The van der Waals surface area contributed by atoms with Crippen LogP contribution in [0, 0.1) is 0 Å². The summed E-state index contributed by atoms with van der Waals surface area (Å²) >= 11 is 0. The zero-order valence-electron chi connectivity index (χ0n) is 10.9. The lowest BCUT2D eigenvalue weighted by atomic mass is 10.1. The fraction of sp³-hybridized carbons (Fsp3) is 0.312. The van der Waals surface area contributed by atoms with E-state index in [1.54, 1.807) is 0 Å². The molecule has 1 heterocycles. The Bertz CT molecular complexity index is 403. The van der Waals surface area contributed by atoms with Gasteiger partial charge in [0.25, 0.3) is 0 Å². The van der Waals surface area contributed by atoms with E-state index in [-0.39, 0.29) is 6.04 Å².